The molecule has 1 aliphatic rings. The minimum atomic E-state index is -0.646. The number of nitrogens with one attached hydrogen (secondary N) is 1. The van der Waals surface area contributed by atoms with E-state index in [0.717, 1.165) is 0 Å². The van der Waals surface area contributed by atoms with E-state index in [1.54, 1.807) is 6.92 Å². The predicted molar refractivity (Wildman–Crippen MR) is 72.3 cm³/mol. The lowest BCUT2D eigenvalue weighted by molar-refractivity contribution is 0.00578. The molecule has 2 rings (SSSR count). The van der Waals surface area contributed by atoms with Gasteiger partial charge in [-0.05, 0) is 57.8 Å². The summed E-state index contributed by atoms with van der Waals surface area (Å²) in [5, 5.41) is 9.02. The zero-order valence-electron chi connectivity index (χ0n) is 11.9. The Balaban J connectivity index is 2.42. The van der Waals surface area contributed by atoms with Gasteiger partial charge >= 0.3 is 7.12 Å². The molecule has 19 heavy (non-hydrogen) atoms. The molecule has 0 spiro atoms. The minimum absolute atomic E-state index is 0.310. The van der Waals surface area contributed by atoms with Crippen molar-refractivity contribution >= 4 is 18.3 Å². The molecular weight excluding hydrogens is 248 g/mol. The largest absolute Gasteiger partial charge is 0.495 e. The predicted octanol–water partition coefficient (Wildman–Crippen LogP) is 2.23. The number of hydrogen-bond acceptors (Lipinski definition) is 4. The third-order valence-corrected chi connectivity index (χ3v) is 4.04. The van der Waals surface area contributed by atoms with Crippen LogP contribution in [0.4, 0.5) is 10.1 Å². The van der Waals surface area contributed by atoms with Crippen molar-refractivity contribution in [2.75, 3.05) is 5.48 Å². The van der Waals surface area contributed by atoms with Crippen LogP contribution in [0.25, 0.3) is 0 Å². The van der Waals surface area contributed by atoms with E-state index in [1.165, 1.54) is 12.1 Å². The molecule has 0 aliphatic carbocycles. The molecule has 104 valence electrons. The average molecular weight is 267 g/mol. The third-order valence-electron chi connectivity index (χ3n) is 4.04. The molecule has 0 aromatic heterocycles. The van der Waals surface area contributed by atoms with Gasteiger partial charge in [0.2, 0.25) is 0 Å². The second-order valence-electron chi connectivity index (χ2n) is 5.87. The SMILES string of the molecule is Cc1c(NO)cc(F)cc1B1OC(C)(C)C(C)(C)O1. The molecule has 0 atom stereocenters. The molecule has 4 nitrogen and oxygen atoms in total. The maximum atomic E-state index is 13.6. The number of anilines is 1. The molecule has 1 fully saturated rings. The summed E-state index contributed by atoms with van der Waals surface area (Å²) in [6.07, 6.45) is 0. The van der Waals surface area contributed by atoms with Crippen molar-refractivity contribution in [3.8, 4) is 0 Å². The van der Waals surface area contributed by atoms with Crippen molar-refractivity contribution in [1.82, 2.24) is 0 Å². The maximum absolute atomic E-state index is 13.6. The van der Waals surface area contributed by atoms with Gasteiger partial charge in [-0.1, -0.05) is 0 Å². The summed E-state index contributed by atoms with van der Waals surface area (Å²) in [6, 6.07) is 2.60. The van der Waals surface area contributed by atoms with Crippen LogP contribution in [0, 0.1) is 12.7 Å². The Morgan fingerprint density at radius 3 is 2.16 bits per heavy atom. The number of hydrogen-bond donors (Lipinski definition) is 2. The number of halogens is 1. The third kappa shape index (κ3) is 2.36. The van der Waals surface area contributed by atoms with Gasteiger partial charge in [0.05, 0.1) is 16.9 Å². The molecule has 0 saturated carbocycles. The first-order chi connectivity index (χ1) is 8.68. The van der Waals surface area contributed by atoms with Gasteiger partial charge in [-0.2, -0.15) is 0 Å². The molecule has 1 aromatic carbocycles. The van der Waals surface area contributed by atoms with Crippen LogP contribution in [0.2, 0.25) is 0 Å². The van der Waals surface area contributed by atoms with E-state index in [-0.39, 0.29) is 0 Å². The van der Waals surface area contributed by atoms with Gasteiger partial charge < -0.3 is 9.31 Å². The highest BCUT2D eigenvalue weighted by molar-refractivity contribution is 6.62. The number of rotatable bonds is 2. The maximum Gasteiger partial charge on any atom is 0.495 e. The van der Waals surface area contributed by atoms with Crippen LogP contribution in [0.3, 0.4) is 0 Å². The lowest BCUT2D eigenvalue weighted by Gasteiger charge is -2.32. The van der Waals surface area contributed by atoms with E-state index in [1.807, 2.05) is 33.2 Å². The van der Waals surface area contributed by atoms with Gasteiger partial charge in [-0.25, -0.2) is 4.39 Å². The van der Waals surface area contributed by atoms with Crippen LogP contribution in [0.1, 0.15) is 33.3 Å². The molecule has 1 aliphatic heterocycles. The molecule has 1 aromatic rings. The van der Waals surface area contributed by atoms with Crippen LogP contribution in [-0.4, -0.2) is 23.5 Å². The summed E-state index contributed by atoms with van der Waals surface area (Å²) >= 11 is 0. The molecule has 1 heterocycles. The normalized spacial score (nSPS) is 20.7. The first-order valence-corrected chi connectivity index (χ1v) is 6.24. The smallest absolute Gasteiger partial charge is 0.399 e. The fourth-order valence-corrected chi connectivity index (χ4v) is 2.03. The molecule has 0 bridgehead atoms. The van der Waals surface area contributed by atoms with Crippen molar-refractivity contribution < 1.29 is 18.9 Å². The highest BCUT2D eigenvalue weighted by Gasteiger charge is 2.52. The van der Waals surface area contributed by atoms with Crippen molar-refractivity contribution in [3.05, 3.63) is 23.5 Å². The Morgan fingerprint density at radius 1 is 1.16 bits per heavy atom. The van der Waals surface area contributed by atoms with E-state index >= 15 is 0 Å². The van der Waals surface area contributed by atoms with E-state index < -0.39 is 24.1 Å². The highest BCUT2D eigenvalue weighted by Crippen LogP contribution is 2.37. The molecule has 0 unspecified atom stereocenters. The summed E-state index contributed by atoms with van der Waals surface area (Å²) in [5.74, 6) is -0.452. The fourth-order valence-electron chi connectivity index (χ4n) is 2.03. The molecular formula is C13H19BFNO3. The highest BCUT2D eigenvalue weighted by atomic mass is 19.1. The van der Waals surface area contributed by atoms with Gasteiger partial charge in [0.15, 0.2) is 0 Å². The van der Waals surface area contributed by atoms with Crippen LogP contribution in [-0.2, 0) is 9.31 Å². The summed E-state index contributed by atoms with van der Waals surface area (Å²) in [7, 11) is -0.646. The van der Waals surface area contributed by atoms with Crippen molar-refractivity contribution in [1.29, 1.82) is 0 Å². The van der Waals surface area contributed by atoms with Crippen LogP contribution in [0.5, 0.6) is 0 Å². The lowest BCUT2D eigenvalue weighted by atomic mass is 9.75. The Morgan fingerprint density at radius 2 is 1.68 bits per heavy atom. The van der Waals surface area contributed by atoms with Gasteiger partial charge in [0.25, 0.3) is 0 Å². The zero-order valence-corrected chi connectivity index (χ0v) is 11.9. The van der Waals surface area contributed by atoms with Crippen LogP contribution in [0.15, 0.2) is 12.1 Å². The lowest BCUT2D eigenvalue weighted by Crippen LogP contribution is -2.41. The first-order valence-electron chi connectivity index (χ1n) is 6.24. The first kappa shape index (κ1) is 14.3. The molecule has 1 saturated heterocycles. The standard InChI is InChI=1S/C13H19BFNO3/c1-8-10(6-9(15)7-11(8)16-17)14-18-12(2,3)13(4,5)19-14/h6-7,16-17H,1-5H3. The minimum Gasteiger partial charge on any atom is -0.399 e. The van der Waals surface area contributed by atoms with Crippen molar-refractivity contribution in [3.63, 3.8) is 0 Å². The van der Waals surface area contributed by atoms with Crippen molar-refractivity contribution in [2.45, 2.75) is 45.8 Å². The van der Waals surface area contributed by atoms with E-state index in [4.69, 9.17) is 14.5 Å². The van der Waals surface area contributed by atoms with Gasteiger partial charge in [-0.15, -0.1) is 0 Å². The Bertz CT molecular complexity index is 489. The van der Waals surface area contributed by atoms with Gasteiger partial charge in [0.1, 0.15) is 5.82 Å². The molecule has 2 N–H and O–H groups in total. The summed E-state index contributed by atoms with van der Waals surface area (Å²) in [4.78, 5) is 0. The second kappa shape index (κ2) is 4.47. The summed E-state index contributed by atoms with van der Waals surface area (Å²) in [5.41, 5.74) is 2.61. The van der Waals surface area contributed by atoms with Gasteiger partial charge in [-0.3, -0.25) is 10.7 Å². The second-order valence-corrected chi connectivity index (χ2v) is 5.87. The molecule has 0 amide bonds. The quantitative estimate of drug-likeness (QED) is 0.637. The Kier molecular flexibility index (Phi) is 3.37. The van der Waals surface area contributed by atoms with E-state index in [0.29, 0.717) is 16.7 Å². The van der Waals surface area contributed by atoms with Crippen LogP contribution >= 0.6 is 0 Å². The summed E-state index contributed by atoms with van der Waals surface area (Å²) < 4.78 is 25.3. The Labute approximate surface area is 113 Å². The Hall–Kier alpha value is -1.11. The molecule has 0 radical (unpaired) electrons. The van der Waals surface area contributed by atoms with E-state index in [2.05, 4.69) is 0 Å². The van der Waals surface area contributed by atoms with Crippen LogP contribution < -0.4 is 10.9 Å². The van der Waals surface area contributed by atoms with E-state index in [9.17, 15) is 4.39 Å². The number of benzene rings is 1. The fraction of sp³-hybridized carbons (Fsp3) is 0.538. The zero-order chi connectivity index (χ0) is 14.4. The monoisotopic (exact) mass is 267 g/mol. The summed E-state index contributed by atoms with van der Waals surface area (Å²) in [6.45, 7) is 9.53. The van der Waals surface area contributed by atoms with Gasteiger partial charge in [0, 0.05) is 0 Å². The molecule has 6 heteroatoms. The average Bonchev–Trinajstić information content (AvgIpc) is 2.50. The topological polar surface area (TPSA) is 50.7 Å². The van der Waals surface area contributed by atoms with Crippen molar-refractivity contribution in [2.24, 2.45) is 0 Å².